The standard InChI is InChI=1S/C14H20FNO/c1-14(2,3)13(17)8-9-16(4)12-7-5-6-11(15)10-12/h5-7,10H,8-9H2,1-4H3. The Morgan fingerprint density at radius 2 is 2.00 bits per heavy atom. The molecule has 0 bridgehead atoms. The molecule has 1 rings (SSSR count). The lowest BCUT2D eigenvalue weighted by atomic mass is 9.89. The van der Waals surface area contributed by atoms with E-state index in [1.807, 2.05) is 38.8 Å². The summed E-state index contributed by atoms with van der Waals surface area (Å²) < 4.78 is 13.0. The van der Waals surface area contributed by atoms with Crippen molar-refractivity contribution in [2.24, 2.45) is 5.41 Å². The van der Waals surface area contributed by atoms with Crippen molar-refractivity contribution >= 4 is 11.5 Å². The second kappa shape index (κ2) is 5.30. The Kier molecular flexibility index (Phi) is 4.27. The number of halogens is 1. The van der Waals surface area contributed by atoms with E-state index in [1.54, 1.807) is 6.07 Å². The first-order valence-electron chi connectivity index (χ1n) is 5.81. The van der Waals surface area contributed by atoms with Crippen molar-refractivity contribution in [1.82, 2.24) is 0 Å². The average molecular weight is 237 g/mol. The summed E-state index contributed by atoms with van der Waals surface area (Å²) >= 11 is 0. The van der Waals surface area contributed by atoms with Crippen molar-refractivity contribution in [3.63, 3.8) is 0 Å². The SMILES string of the molecule is CN(CCC(=O)C(C)(C)C)c1cccc(F)c1. The number of rotatable bonds is 4. The van der Waals surface area contributed by atoms with E-state index in [9.17, 15) is 9.18 Å². The molecule has 2 nitrogen and oxygen atoms in total. The monoisotopic (exact) mass is 237 g/mol. The van der Waals surface area contributed by atoms with E-state index in [1.165, 1.54) is 12.1 Å². The van der Waals surface area contributed by atoms with Gasteiger partial charge < -0.3 is 4.90 Å². The van der Waals surface area contributed by atoms with Crippen molar-refractivity contribution in [2.75, 3.05) is 18.5 Å². The number of Topliss-reactive ketones (excluding diaryl/α,β-unsaturated/α-hetero) is 1. The predicted molar refractivity (Wildman–Crippen MR) is 68.7 cm³/mol. The van der Waals surface area contributed by atoms with Crippen LogP contribution in [0.3, 0.4) is 0 Å². The number of hydrogen-bond donors (Lipinski definition) is 0. The Balaban J connectivity index is 2.56. The molecule has 0 spiro atoms. The minimum Gasteiger partial charge on any atom is -0.374 e. The van der Waals surface area contributed by atoms with E-state index in [-0.39, 0.29) is 17.0 Å². The quantitative estimate of drug-likeness (QED) is 0.801. The van der Waals surface area contributed by atoms with E-state index in [0.29, 0.717) is 13.0 Å². The molecule has 0 aliphatic heterocycles. The van der Waals surface area contributed by atoms with Crippen LogP contribution in [0.2, 0.25) is 0 Å². The summed E-state index contributed by atoms with van der Waals surface area (Å²) in [4.78, 5) is 13.7. The normalized spacial score (nSPS) is 11.4. The third kappa shape index (κ3) is 4.17. The highest BCUT2D eigenvalue weighted by Crippen LogP contribution is 2.18. The first-order valence-corrected chi connectivity index (χ1v) is 5.81. The minimum atomic E-state index is -0.303. The summed E-state index contributed by atoms with van der Waals surface area (Å²) in [5, 5.41) is 0. The summed E-state index contributed by atoms with van der Waals surface area (Å²) in [7, 11) is 1.87. The molecule has 0 aliphatic rings. The molecule has 0 unspecified atom stereocenters. The molecule has 0 N–H and O–H groups in total. The van der Waals surface area contributed by atoms with Gasteiger partial charge in [0, 0.05) is 31.1 Å². The first kappa shape index (κ1) is 13.7. The molecular weight excluding hydrogens is 217 g/mol. The topological polar surface area (TPSA) is 20.3 Å². The van der Waals surface area contributed by atoms with Crippen molar-refractivity contribution in [1.29, 1.82) is 0 Å². The largest absolute Gasteiger partial charge is 0.374 e. The van der Waals surface area contributed by atoms with Gasteiger partial charge in [0.05, 0.1) is 0 Å². The maximum atomic E-state index is 13.0. The fraction of sp³-hybridized carbons (Fsp3) is 0.500. The van der Waals surface area contributed by atoms with Crippen LogP contribution >= 0.6 is 0 Å². The van der Waals surface area contributed by atoms with Gasteiger partial charge in [0.2, 0.25) is 0 Å². The predicted octanol–water partition coefficient (Wildman–Crippen LogP) is 3.27. The number of anilines is 1. The lowest BCUT2D eigenvalue weighted by molar-refractivity contribution is -0.126. The minimum absolute atomic E-state index is 0.223. The molecule has 94 valence electrons. The number of nitrogens with zero attached hydrogens (tertiary/aromatic N) is 1. The van der Waals surface area contributed by atoms with Gasteiger partial charge in [-0.15, -0.1) is 0 Å². The van der Waals surface area contributed by atoms with E-state index in [2.05, 4.69) is 0 Å². The number of carbonyl (C=O) groups is 1. The summed E-state index contributed by atoms with van der Waals surface area (Å²) in [6.45, 7) is 6.35. The smallest absolute Gasteiger partial charge is 0.139 e. The lowest BCUT2D eigenvalue weighted by Gasteiger charge is -2.22. The van der Waals surface area contributed by atoms with Crippen LogP contribution in [0.4, 0.5) is 10.1 Å². The second-order valence-corrected chi connectivity index (χ2v) is 5.32. The first-order chi connectivity index (χ1) is 7.80. The number of carbonyl (C=O) groups excluding carboxylic acids is 1. The lowest BCUT2D eigenvalue weighted by Crippen LogP contribution is -2.27. The molecule has 0 saturated carbocycles. The number of benzene rings is 1. The Morgan fingerprint density at radius 1 is 1.35 bits per heavy atom. The van der Waals surface area contributed by atoms with Crippen LogP contribution in [0, 0.1) is 11.2 Å². The molecule has 0 amide bonds. The molecule has 0 heterocycles. The molecule has 1 aromatic rings. The van der Waals surface area contributed by atoms with Gasteiger partial charge >= 0.3 is 0 Å². The van der Waals surface area contributed by atoms with Gasteiger partial charge in [-0.2, -0.15) is 0 Å². The van der Waals surface area contributed by atoms with Crippen molar-refractivity contribution < 1.29 is 9.18 Å². The van der Waals surface area contributed by atoms with Gasteiger partial charge in [-0.25, -0.2) is 4.39 Å². The average Bonchev–Trinajstić information content (AvgIpc) is 2.24. The Bertz CT molecular complexity index is 395. The van der Waals surface area contributed by atoms with Crippen molar-refractivity contribution in [3.05, 3.63) is 30.1 Å². The molecule has 0 saturated heterocycles. The third-order valence-electron chi connectivity index (χ3n) is 2.76. The van der Waals surface area contributed by atoms with E-state index in [0.717, 1.165) is 5.69 Å². The highest BCUT2D eigenvalue weighted by atomic mass is 19.1. The van der Waals surface area contributed by atoms with Gasteiger partial charge in [0.15, 0.2) is 0 Å². The van der Waals surface area contributed by atoms with Gasteiger partial charge in [0.25, 0.3) is 0 Å². The molecule has 0 radical (unpaired) electrons. The van der Waals surface area contributed by atoms with Crippen LogP contribution in [0.1, 0.15) is 27.2 Å². The maximum Gasteiger partial charge on any atom is 0.139 e. The molecule has 0 atom stereocenters. The zero-order chi connectivity index (χ0) is 13.1. The second-order valence-electron chi connectivity index (χ2n) is 5.32. The Labute approximate surface area is 102 Å². The van der Waals surface area contributed by atoms with Crippen molar-refractivity contribution in [2.45, 2.75) is 27.2 Å². The fourth-order valence-electron chi connectivity index (χ4n) is 1.49. The van der Waals surface area contributed by atoms with Gasteiger partial charge in [-0.05, 0) is 18.2 Å². The fourth-order valence-corrected chi connectivity index (χ4v) is 1.49. The van der Waals surface area contributed by atoms with Crippen LogP contribution in [0.15, 0.2) is 24.3 Å². The van der Waals surface area contributed by atoms with E-state index in [4.69, 9.17) is 0 Å². The maximum absolute atomic E-state index is 13.0. The molecular formula is C14H20FNO. The summed E-state index contributed by atoms with van der Waals surface area (Å²) in [6.07, 6.45) is 0.483. The van der Waals surface area contributed by atoms with Crippen LogP contribution in [-0.2, 0) is 4.79 Å². The molecule has 0 fully saturated rings. The zero-order valence-corrected chi connectivity index (χ0v) is 11.0. The molecule has 0 aliphatic carbocycles. The van der Waals surface area contributed by atoms with Crippen LogP contribution in [0.5, 0.6) is 0 Å². The zero-order valence-electron chi connectivity index (χ0n) is 11.0. The van der Waals surface area contributed by atoms with Crippen LogP contribution < -0.4 is 4.90 Å². The molecule has 0 aromatic heterocycles. The van der Waals surface area contributed by atoms with Gasteiger partial charge in [-0.3, -0.25) is 4.79 Å². The molecule has 17 heavy (non-hydrogen) atoms. The third-order valence-corrected chi connectivity index (χ3v) is 2.76. The highest BCUT2D eigenvalue weighted by Gasteiger charge is 2.20. The number of ketones is 1. The van der Waals surface area contributed by atoms with Gasteiger partial charge in [0.1, 0.15) is 11.6 Å². The molecule has 3 heteroatoms. The molecule has 1 aromatic carbocycles. The van der Waals surface area contributed by atoms with Gasteiger partial charge in [-0.1, -0.05) is 26.8 Å². The summed E-state index contributed by atoms with van der Waals surface area (Å²) in [6, 6.07) is 6.40. The van der Waals surface area contributed by atoms with E-state index < -0.39 is 0 Å². The number of hydrogen-bond acceptors (Lipinski definition) is 2. The van der Waals surface area contributed by atoms with Crippen molar-refractivity contribution in [3.8, 4) is 0 Å². The summed E-state index contributed by atoms with van der Waals surface area (Å²) in [5.74, 6) is -0.0303. The van der Waals surface area contributed by atoms with Crippen LogP contribution in [-0.4, -0.2) is 19.4 Å². The Hall–Kier alpha value is -1.38. The Morgan fingerprint density at radius 3 is 2.53 bits per heavy atom. The summed E-state index contributed by atoms with van der Waals surface area (Å²) in [5.41, 5.74) is 0.495. The van der Waals surface area contributed by atoms with Crippen LogP contribution in [0.25, 0.3) is 0 Å². The highest BCUT2D eigenvalue weighted by molar-refractivity contribution is 5.84. The van der Waals surface area contributed by atoms with E-state index >= 15 is 0 Å².